The SMILES string of the molecule is CCOC(=O)CNC(=O)C(Cc1ccccc1)OC(C)=O. The molecule has 1 N–H and O–H groups in total. The van der Waals surface area contributed by atoms with Crippen molar-refractivity contribution in [2.75, 3.05) is 13.2 Å². The zero-order chi connectivity index (χ0) is 15.7. The third-order valence-electron chi connectivity index (χ3n) is 2.58. The average Bonchev–Trinajstić information content (AvgIpc) is 2.45. The van der Waals surface area contributed by atoms with Crippen molar-refractivity contribution >= 4 is 17.8 Å². The van der Waals surface area contributed by atoms with Crippen LogP contribution in [0.3, 0.4) is 0 Å². The molecule has 21 heavy (non-hydrogen) atoms. The molecule has 1 aromatic rings. The molecule has 6 nitrogen and oxygen atoms in total. The van der Waals surface area contributed by atoms with Crippen LogP contribution in [-0.4, -0.2) is 37.1 Å². The minimum Gasteiger partial charge on any atom is -0.465 e. The van der Waals surface area contributed by atoms with Crippen molar-refractivity contribution in [1.29, 1.82) is 0 Å². The number of rotatable bonds is 7. The van der Waals surface area contributed by atoms with Crippen LogP contribution >= 0.6 is 0 Å². The predicted molar refractivity (Wildman–Crippen MR) is 75.3 cm³/mol. The van der Waals surface area contributed by atoms with Crippen molar-refractivity contribution in [3.8, 4) is 0 Å². The first-order valence-corrected chi connectivity index (χ1v) is 6.67. The fourth-order valence-electron chi connectivity index (χ4n) is 1.70. The molecule has 6 heteroatoms. The molecule has 1 atom stereocenters. The van der Waals surface area contributed by atoms with Gasteiger partial charge in [0.1, 0.15) is 6.54 Å². The number of ether oxygens (including phenoxy) is 2. The summed E-state index contributed by atoms with van der Waals surface area (Å²) in [5.74, 6) is -1.61. The number of benzene rings is 1. The lowest BCUT2D eigenvalue weighted by atomic mass is 10.1. The number of hydrogen-bond acceptors (Lipinski definition) is 5. The van der Waals surface area contributed by atoms with Crippen molar-refractivity contribution in [2.24, 2.45) is 0 Å². The summed E-state index contributed by atoms with van der Waals surface area (Å²) in [5, 5.41) is 2.40. The lowest BCUT2D eigenvalue weighted by Crippen LogP contribution is -2.41. The second-order valence-electron chi connectivity index (χ2n) is 4.31. The standard InChI is InChI=1S/C15H19NO5/c1-3-20-14(18)10-16-15(19)13(21-11(2)17)9-12-7-5-4-6-8-12/h4-8,13H,3,9-10H2,1-2H3,(H,16,19). The maximum absolute atomic E-state index is 12.0. The Morgan fingerprint density at radius 2 is 1.86 bits per heavy atom. The Bertz CT molecular complexity index is 486. The molecule has 0 aliphatic carbocycles. The molecule has 0 radical (unpaired) electrons. The van der Waals surface area contributed by atoms with E-state index < -0.39 is 23.9 Å². The number of esters is 2. The fourth-order valence-corrected chi connectivity index (χ4v) is 1.70. The highest BCUT2D eigenvalue weighted by Gasteiger charge is 2.22. The van der Waals surface area contributed by atoms with Gasteiger partial charge in [-0.1, -0.05) is 30.3 Å². The summed E-state index contributed by atoms with van der Waals surface area (Å²) in [6.07, 6.45) is -0.728. The Hall–Kier alpha value is -2.37. The van der Waals surface area contributed by atoms with E-state index in [1.165, 1.54) is 6.92 Å². The molecule has 0 aliphatic heterocycles. The Labute approximate surface area is 123 Å². The normalized spacial score (nSPS) is 11.3. The van der Waals surface area contributed by atoms with Crippen LogP contribution in [0.25, 0.3) is 0 Å². The Morgan fingerprint density at radius 3 is 2.43 bits per heavy atom. The van der Waals surface area contributed by atoms with Gasteiger partial charge in [0.15, 0.2) is 6.10 Å². The fraction of sp³-hybridized carbons (Fsp3) is 0.400. The van der Waals surface area contributed by atoms with E-state index in [-0.39, 0.29) is 19.6 Å². The van der Waals surface area contributed by atoms with Crippen molar-refractivity contribution in [3.63, 3.8) is 0 Å². The van der Waals surface area contributed by atoms with E-state index in [1.807, 2.05) is 30.3 Å². The van der Waals surface area contributed by atoms with Crippen LogP contribution in [0.15, 0.2) is 30.3 Å². The lowest BCUT2D eigenvalue weighted by Gasteiger charge is -2.16. The second-order valence-corrected chi connectivity index (χ2v) is 4.31. The maximum Gasteiger partial charge on any atom is 0.325 e. The van der Waals surface area contributed by atoms with Crippen LogP contribution in [-0.2, 0) is 30.3 Å². The van der Waals surface area contributed by atoms with E-state index in [4.69, 9.17) is 9.47 Å². The van der Waals surface area contributed by atoms with E-state index in [2.05, 4.69) is 5.32 Å². The third-order valence-corrected chi connectivity index (χ3v) is 2.58. The van der Waals surface area contributed by atoms with Crippen LogP contribution in [0, 0.1) is 0 Å². The van der Waals surface area contributed by atoms with Crippen molar-refractivity contribution in [1.82, 2.24) is 5.32 Å². The molecule has 1 aromatic carbocycles. The van der Waals surface area contributed by atoms with Crippen LogP contribution in [0.1, 0.15) is 19.4 Å². The molecule has 1 unspecified atom stereocenters. The van der Waals surface area contributed by atoms with E-state index in [1.54, 1.807) is 6.92 Å². The van der Waals surface area contributed by atoms with Crippen LogP contribution in [0.2, 0.25) is 0 Å². The minimum absolute atomic E-state index is 0.242. The summed E-state index contributed by atoms with van der Waals surface area (Å²) in [6.45, 7) is 2.90. The summed E-state index contributed by atoms with van der Waals surface area (Å²) in [5.41, 5.74) is 0.857. The first-order valence-electron chi connectivity index (χ1n) is 6.67. The lowest BCUT2D eigenvalue weighted by molar-refractivity contribution is -0.154. The highest BCUT2D eigenvalue weighted by molar-refractivity contribution is 5.86. The molecule has 0 aromatic heterocycles. The molecule has 114 valence electrons. The summed E-state index contributed by atoms with van der Waals surface area (Å²) < 4.78 is 9.72. The van der Waals surface area contributed by atoms with Crippen LogP contribution < -0.4 is 5.32 Å². The predicted octanol–water partition coefficient (Wildman–Crippen LogP) is 0.840. The molecular formula is C15H19NO5. The van der Waals surface area contributed by atoms with Gasteiger partial charge in [-0.25, -0.2) is 0 Å². The van der Waals surface area contributed by atoms with Crippen LogP contribution in [0.5, 0.6) is 0 Å². The number of nitrogens with one attached hydrogen (secondary N) is 1. The smallest absolute Gasteiger partial charge is 0.325 e. The van der Waals surface area contributed by atoms with E-state index in [0.29, 0.717) is 0 Å². The first-order chi connectivity index (χ1) is 10.0. The monoisotopic (exact) mass is 293 g/mol. The second kappa shape index (κ2) is 8.73. The van der Waals surface area contributed by atoms with Gasteiger partial charge in [-0.2, -0.15) is 0 Å². The molecular weight excluding hydrogens is 274 g/mol. The van der Waals surface area contributed by atoms with Crippen molar-refractivity contribution in [2.45, 2.75) is 26.4 Å². The van der Waals surface area contributed by atoms with E-state index in [9.17, 15) is 14.4 Å². The largest absolute Gasteiger partial charge is 0.465 e. The van der Waals surface area contributed by atoms with E-state index in [0.717, 1.165) is 5.56 Å². The molecule has 0 saturated carbocycles. The summed E-state index contributed by atoms with van der Waals surface area (Å²) in [4.78, 5) is 34.3. The van der Waals surface area contributed by atoms with Crippen LogP contribution in [0.4, 0.5) is 0 Å². The quantitative estimate of drug-likeness (QED) is 0.753. The summed E-state index contributed by atoms with van der Waals surface area (Å²) >= 11 is 0. The molecule has 0 saturated heterocycles. The molecule has 0 heterocycles. The summed E-state index contributed by atoms with van der Waals surface area (Å²) in [7, 11) is 0. The van der Waals surface area contributed by atoms with Gasteiger partial charge in [-0.3, -0.25) is 14.4 Å². The molecule has 1 rings (SSSR count). The van der Waals surface area contributed by atoms with Gasteiger partial charge in [-0.05, 0) is 12.5 Å². The topological polar surface area (TPSA) is 81.7 Å². The molecule has 1 amide bonds. The van der Waals surface area contributed by atoms with Gasteiger partial charge >= 0.3 is 11.9 Å². The number of hydrogen-bond donors (Lipinski definition) is 1. The van der Waals surface area contributed by atoms with Crippen molar-refractivity contribution in [3.05, 3.63) is 35.9 Å². The molecule has 0 bridgehead atoms. The molecule has 0 fully saturated rings. The number of carbonyl (C=O) groups excluding carboxylic acids is 3. The average molecular weight is 293 g/mol. The zero-order valence-corrected chi connectivity index (χ0v) is 12.1. The van der Waals surface area contributed by atoms with Gasteiger partial charge in [0.25, 0.3) is 5.91 Å². The Kier molecular flexibility index (Phi) is 6.94. The van der Waals surface area contributed by atoms with Gasteiger partial charge in [0.05, 0.1) is 6.61 Å². The zero-order valence-electron chi connectivity index (χ0n) is 12.1. The van der Waals surface area contributed by atoms with E-state index >= 15 is 0 Å². The molecule has 0 aliphatic rings. The maximum atomic E-state index is 12.0. The number of amides is 1. The van der Waals surface area contributed by atoms with Crippen molar-refractivity contribution < 1.29 is 23.9 Å². The minimum atomic E-state index is -0.973. The van der Waals surface area contributed by atoms with Gasteiger partial charge < -0.3 is 14.8 Å². The highest BCUT2D eigenvalue weighted by Crippen LogP contribution is 2.06. The Balaban J connectivity index is 2.62. The van der Waals surface area contributed by atoms with Gasteiger partial charge in [0.2, 0.25) is 0 Å². The highest BCUT2D eigenvalue weighted by atomic mass is 16.5. The van der Waals surface area contributed by atoms with Gasteiger partial charge in [-0.15, -0.1) is 0 Å². The first kappa shape index (κ1) is 16.7. The van der Waals surface area contributed by atoms with Gasteiger partial charge in [0, 0.05) is 13.3 Å². The summed E-state index contributed by atoms with van der Waals surface area (Å²) in [6, 6.07) is 9.17. The Morgan fingerprint density at radius 1 is 1.19 bits per heavy atom. The molecule has 0 spiro atoms. The third kappa shape index (κ3) is 6.56. The number of carbonyl (C=O) groups is 3.